The predicted molar refractivity (Wildman–Crippen MR) is 91.7 cm³/mol. The van der Waals surface area contributed by atoms with Crippen molar-refractivity contribution in [3.8, 4) is 0 Å². The highest BCUT2D eigenvalue weighted by molar-refractivity contribution is 4.79. The van der Waals surface area contributed by atoms with Gasteiger partial charge in [-0.25, -0.2) is 10.4 Å². The molecule has 0 aromatic heterocycles. The van der Waals surface area contributed by atoms with Gasteiger partial charge in [0.2, 0.25) is 0 Å². The summed E-state index contributed by atoms with van der Waals surface area (Å²) in [6.45, 7) is 16.9. The lowest BCUT2D eigenvalue weighted by atomic mass is 10.1. The molecule has 0 radical (unpaired) electrons. The van der Waals surface area contributed by atoms with E-state index in [0.29, 0.717) is 12.1 Å². The molecule has 0 spiro atoms. The molecule has 5 nitrogen and oxygen atoms in total. The Hall–Kier alpha value is -0.200. The molecule has 2 unspecified atom stereocenters. The van der Waals surface area contributed by atoms with E-state index in [1.807, 2.05) is 0 Å². The van der Waals surface area contributed by atoms with Crippen LogP contribution >= 0.6 is 0 Å². The van der Waals surface area contributed by atoms with Crippen molar-refractivity contribution in [2.24, 2.45) is 0 Å². The summed E-state index contributed by atoms with van der Waals surface area (Å²) in [5, 5.41) is 2.38. The van der Waals surface area contributed by atoms with Crippen molar-refractivity contribution in [2.75, 3.05) is 45.9 Å². The first-order chi connectivity index (χ1) is 10.6. The van der Waals surface area contributed by atoms with E-state index in [4.69, 9.17) is 4.74 Å². The molecule has 2 aliphatic heterocycles. The number of nitrogens with one attached hydrogen (secondary N) is 1. The maximum absolute atomic E-state index is 6.08. The van der Waals surface area contributed by atoms with Crippen molar-refractivity contribution < 1.29 is 4.74 Å². The van der Waals surface area contributed by atoms with Crippen LogP contribution in [0.4, 0.5) is 0 Å². The molecule has 1 N–H and O–H groups in total. The van der Waals surface area contributed by atoms with Crippen LogP contribution in [0.2, 0.25) is 0 Å². The number of ether oxygens (including phenoxy) is 1. The Morgan fingerprint density at radius 1 is 1.09 bits per heavy atom. The molecule has 2 heterocycles. The summed E-state index contributed by atoms with van der Waals surface area (Å²) in [6.07, 6.45) is 3.73. The Morgan fingerprint density at radius 3 is 2.41 bits per heavy atom. The van der Waals surface area contributed by atoms with Gasteiger partial charge >= 0.3 is 0 Å². The topological polar surface area (TPSA) is 31.0 Å². The zero-order valence-electron chi connectivity index (χ0n) is 15.1. The molecule has 5 heteroatoms. The summed E-state index contributed by atoms with van der Waals surface area (Å²) >= 11 is 0. The van der Waals surface area contributed by atoms with Crippen molar-refractivity contribution in [1.82, 2.24) is 20.2 Å². The van der Waals surface area contributed by atoms with Crippen molar-refractivity contribution >= 4 is 0 Å². The first-order valence-electron chi connectivity index (χ1n) is 9.24. The molecular formula is C17H36N4O. The van der Waals surface area contributed by atoms with Gasteiger partial charge in [0.05, 0.1) is 6.61 Å². The summed E-state index contributed by atoms with van der Waals surface area (Å²) in [4.78, 5) is 5.10. The lowest BCUT2D eigenvalue weighted by Crippen LogP contribution is -2.49. The molecule has 0 aliphatic carbocycles. The Bertz CT molecular complexity index is 305. The van der Waals surface area contributed by atoms with Crippen LogP contribution in [0.25, 0.3) is 0 Å². The average Bonchev–Trinajstić information content (AvgIpc) is 2.90. The van der Waals surface area contributed by atoms with Crippen LogP contribution in [0.15, 0.2) is 0 Å². The van der Waals surface area contributed by atoms with E-state index in [9.17, 15) is 0 Å². The van der Waals surface area contributed by atoms with Crippen LogP contribution in [0.3, 0.4) is 0 Å². The Labute approximate surface area is 136 Å². The highest BCUT2D eigenvalue weighted by Crippen LogP contribution is 2.18. The maximum Gasteiger partial charge on any atom is 0.122 e. The molecule has 2 saturated heterocycles. The number of rotatable bonds is 8. The number of hydrazine groups is 1. The maximum atomic E-state index is 6.08. The standard InChI is InChI=1S/C17H36N4O/c1-5-7-21-16(6-2)14-17(18-21)22-13-12-19-8-10-20(11-9-19)15(3)4/h15-18H,5-14H2,1-4H3. The van der Waals surface area contributed by atoms with Gasteiger partial charge in [-0.1, -0.05) is 13.8 Å². The summed E-state index contributed by atoms with van der Waals surface area (Å²) in [6, 6.07) is 1.32. The third-order valence-electron chi connectivity index (χ3n) is 5.04. The molecule has 2 fully saturated rings. The molecule has 0 aromatic rings. The molecule has 0 aromatic carbocycles. The molecule has 22 heavy (non-hydrogen) atoms. The molecule has 0 amide bonds. The summed E-state index contributed by atoms with van der Waals surface area (Å²) in [5.74, 6) is 0. The van der Waals surface area contributed by atoms with E-state index < -0.39 is 0 Å². The van der Waals surface area contributed by atoms with E-state index in [1.165, 1.54) is 39.0 Å². The first kappa shape index (κ1) is 18.1. The summed E-state index contributed by atoms with van der Waals surface area (Å²) in [5.41, 5.74) is 3.54. The quantitative estimate of drug-likeness (QED) is 0.738. The van der Waals surface area contributed by atoms with Crippen molar-refractivity contribution in [3.63, 3.8) is 0 Å². The zero-order valence-corrected chi connectivity index (χ0v) is 15.1. The molecular weight excluding hydrogens is 276 g/mol. The normalized spacial score (nSPS) is 28.8. The van der Waals surface area contributed by atoms with Gasteiger partial charge in [-0.2, -0.15) is 0 Å². The Balaban J connectivity index is 1.61. The number of nitrogens with zero attached hydrogens (tertiary/aromatic N) is 3. The Kier molecular flexibility index (Phi) is 7.57. The highest BCUT2D eigenvalue weighted by Gasteiger charge is 2.30. The minimum absolute atomic E-state index is 0.216. The van der Waals surface area contributed by atoms with Crippen LogP contribution in [0, 0.1) is 0 Å². The molecule has 0 saturated carbocycles. The van der Waals surface area contributed by atoms with Gasteiger partial charge in [-0.05, 0) is 26.7 Å². The summed E-state index contributed by atoms with van der Waals surface area (Å²) in [7, 11) is 0. The predicted octanol–water partition coefficient (Wildman–Crippen LogP) is 1.75. The zero-order chi connectivity index (χ0) is 15.9. The highest BCUT2D eigenvalue weighted by atomic mass is 16.5. The van der Waals surface area contributed by atoms with Crippen LogP contribution in [0.1, 0.15) is 47.0 Å². The molecule has 0 bridgehead atoms. The third kappa shape index (κ3) is 5.17. The van der Waals surface area contributed by atoms with Gasteiger partial charge < -0.3 is 4.74 Å². The second-order valence-corrected chi connectivity index (χ2v) is 6.95. The minimum atomic E-state index is 0.216. The SMILES string of the molecule is CCCN1NC(OCCN2CCN(C(C)C)CC2)CC1CC. The smallest absolute Gasteiger partial charge is 0.122 e. The Morgan fingerprint density at radius 2 is 1.82 bits per heavy atom. The van der Waals surface area contributed by atoms with Gasteiger partial charge in [0.15, 0.2) is 0 Å². The van der Waals surface area contributed by atoms with Crippen molar-refractivity contribution in [1.29, 1.82) is 0 Å². The fourth-order valence-corrected chi connectivity index (χ4v) is 3.53. The van der Waals surface area contributed by atoms with Gasteiger partial charge in [-0.15, -0.1) is 0 Å². The van der Waals surface area contributed by atoms with Gasteiger partial charge in [0.1, 0.15) is 6.23 Å². The third-order valence-corrected chi connectivity index (χ3v) is 5.04. The lowest BCUT2D eigenvalue weighted by Gasteiger charge is -2.36. The molecule has 2 aliphatic rings. The second kappa shape index (κ2) is 9.18. The second-order valence-electron chi connectivity index (χ2n) is 6.95. The monoisotopic (exact) mass is 312 g/mol. The molecule has 2 rings (SSSR count). The van der Waals surface area contributed by atoms with Crippen LogP contribution in [-0.4, -0.2) is 79.0 Å². The van der Waals surface area contributed by atoms with E-state index in [-0.39, 0.29) is 6.23 Å². The fourth-order valence-electron chi connectivity index (χ4n) is 3.53. The average molecular weight is 313 g/mol. The largest absolute Gasteiger partial charge is 0.361 e. The van der Waals surface area contributed by atoms with E-state index in [1.54, 1.807) is 0 Å². The summed E-state index contributed by atoms with van der Waals surface area (Å²) < 4.78 is 6.08. The lowest BCUT2D eigenvalue weighted by molar-refractivity contribution is -0.000423. The first-order valence-corrected chi connectivity index (χ1v) is 9.24. The van der Waals surface area contributed by atoms with Crippen LogP contribution < -0.4 is 5.43 Å². The van der Waals surface area contributed by atoms with Crippen molar-refractivity contribution in [3.05, 3.63) is 0 Å². The van der Waals surface area contributed by atoms with Crippen molar-refractivity contribution in [2.45, 2.75) is 65.3 Å². The van der Waals surface area contributed by atoms with Gasteiger partial charge in [0, 0.05) is 57.8 Å². The van der Waals surface area contributed by atoms with Crippen LogP contribution in [0.5, 0.6) is 0 Å². The number of hydrogen-bond donors (Lipinski definition) is 1. The van der Waals surface area contributed by atoms with Crippen LogP contribution in [-0.2, 0) is 4.74 Å². The minimum Gasteiger partial charge on any atom is -0.361 e. The van der Waals surface area contributed by atoms with E-state index >= 15 is 0 Å². The molecule has 2 atom stereocenters. The van der Waals surface area contributed by atoms with Gasteiger partial charge in [0.25, 0.3) is 0 Å². The number of hydrogen-bond acceptors (Lipinski definition) is 5. The van der Waals surface area contributed by atoms with Gasteiger partial charge in [-0.3, -0.25) is 9.80 Å². The molecule has 130 valence electrons. The van der Waals surface area contributed by atoms with E-state index in [2.05, 4.69) is 47.9 Å². The van der Waals surface area contributed by atoms with E-state index in [0.717, 1.165) is 26.1 Å². The number of piperazine rings is 1. The fraction of sp³-hybridized carbons (Fsp3) is 1.00.